The molecule has 0 spiro atoms. The van der Waals surface area contributed by atoms with Crippen LogP contribution in [0.5, 0.6) is 0 Å². The SMILES string of the molecule is O=c1[nH]c2c(c(C3CCC3)nn2CCCNC2CC2)c2c1CCCC2. The van der Waals surface area contributed by atoms with E-state index in [9.17, 15) is 4.79 Å². The van der Waals surface area contributed by atoms with E-state index in [2.05, 4.69) is 15.0 Å². The van der Waals surface area contributed by atoms with Crippen molar-refractivity contribution in [2.24, 2.45) is 0 Å². The Morgan fingerprint density at radius 1 is 1.08 bits per heavy atom. The Morgan fingerprint density at radius 3 is 2.60 bits per heavy atom. The molecule has 0 saturated heterocycles. The first kappa shape index (κ1) is 15.6. The summed E-state index contributed by atoms with van der Waals surface area (Å²) in [6.45, 7) is 1.93. The van der Waals surface area contributed by atoms with Gasteiger partial charge in [0.25, 0.3) is 5.56 Å². The Hall–Kier alpha value is -1.62. The quantitative estimate of drug-likeness (QED) is 0.795. The van der Waals surface area contributed by atoms with Crippen molar-refractivity contribution in [3.05, 3.63) is 27.2 Å². The molecule has 2 fully saturated rings. The van der Waals surface area contributed by atoms with Crippen LogP contribution in [0.25, 0.3) is 11.0 Å². The summed E-state index contributed by atoms with van der Waals surface area (Å²) in [6, 6.07) is 0.756. The Morgan fingerprint density at radius 2 is 1.88 bits per heavy atom. The predicted molar refractivity (Wildman–Crippen MR) is 99.2 cm³/mol. The van der Waals surface area contributed by atoms with Crippen LogP contribution in [0.4, 0.5) is 0 Å². The molecule has 3 aliphatic rings. The third kappa shape index (κ3) is 2.82. The molecule has 2 heterocycles. The van der Waals surface area contributed by atoms with E-state index in [0.29, 0.717) is 5.92 Å². The first-order valence-electron chi connectivity index (χ1n) is 10.2. The van der Waals surface area contributed by atoms with Gasteiger partial charge in [-0.1, -0.05) is 6.42 Å². The number of H-pyrrole nitrogens is 1. The second kappa shape index (κ2) is 6.27. The van der Waals surface area contributed by atoms with Crippen LogP contribution in [0.3, 0.4) is 0 Å². The van der Waals surface area contributed by atoms with Crippen molar-refractivity contribution in [2.45, 2.75) is 82.7 Å². The number of nitrogens with one attached hydrogen (secondary N) is 2. The van der Waals surface area contributed by atoms with Crippen molar-refractivity contribution < 1.29 is 0 Å². The molecule has 0 aromatic carbocycles. The summed E-state index contributed by atoms with van der Waals surface area (Å²) in [7, 11) is 0. The van der Waals surface area contributed by atoms with Crippen molar-refractivity contribution in [1.29, 1.82) is 0 Å². The minimum Gasteiger partial charge on any atom is -0.314 e. The van der Waals surface area contributed by atoms with Crippen molar-refractivity contribution in [2.75, 3.05) is 6.54 Å². The number of hydrogen-bond donors (Lipinski definition) is 2. The number of hydrogen-bond acceptors (Lipinski definition) is 3. The lowest BCUT2D eigenvalue weighted by molar-refractivity contribution is 0.406. The number of pyridine rings is 1. The van der Waals surface area contributed by atoms with E-state index in [1.807, 2.05) is 0 Å². The molecule has 0 aliphatic heterocycles. The first-order chi connectivity index (χ1) is 12.3. The Labute approximate surface area is 148 Å². The monoisotopic (exact) mass is 340 g/mol. The third-order valence-corrected chi connectivity index (χ3v) is 6.30. The number of rotatable bonds is 6. The number of aromatic nitrogens is 3. The van der Waals surface area contributed by atoms with E-state index in [4.69, 9.17) is 5.10 Å². The van der Waals surface area contributed by atoms with Gasteiger partial charge >= 0.3 is 0 Å². The minimum atomic E-state index is 0.125. The van der Waals surface area contributed by atoms with E-state index in [1.165, 1.54) is 55.2 Å². The summed E-state index contributed by atoms with van der Waals surface area (Å²) in [5, 5.41) is 9.89. The van der Waals surface area contributed by atoms with E-state index in [0.717, 1.165) is 56.0 Å². The molecule has 25 heavy (non-hydrogen) atoms. The van der Waals surface area contributed by atoms with Crippen molar-refractivity contribution in [1.82, 2.24) is 20.1 Å². The maximum atomic E-state index is 12.6. The molecule has 0 radical (unpaired) electrons. The zero-order chi connectivity index (χ0) is 16.8. The van der Waals surface area contributed by atoms with E-state index in [-0.39, 0.29) is 5.56 Å². The standard InChI is InChI=1S/C20H28N4O/c25-20-16-8-2-1-7-15(16)17-18(13-5-3-6-13)23-24(19(17)22-20)12-4-11-21-14-9-10-14/h13-14,21H,1-12H2,(H,22,25). The van der Waals surface area contributed by atoms with Gasteiger partial charge in [-0.3, -0.25) is 4.79 Å². The summed E-state index contributed by atoms with van der Waals surface area (Å²) < 4.78 is 2.09. The molecule has 0 unspecified atom stereocenters. The lowest BCUT2D eigenvalue weighted by Gasteiger charge is -2.25. The molecule has 5 heteroatoms. The lowest BCUT2D eigenvalue weighted by Crippen LogP contribution is -2.21. The van der Waals surface area contributed by atoms with Crippen molar-refractivity contribution in [3.63, 3.8) is 0 Å². The van der Waals surface area contributed by atoms with Gasteiger partial charge in [-0.05, 0) is 69.9 Å². The van der Waals surface area contributed by atoms with Crippen molar-refractivity contribution in [3.8, 4) is 0 Å². The molecule has 0 atom stereocenters. The first-order valence-corrected chi connectivity index (χ1v) is 10.2. The van der Waals surface area contributed by atoms with E-state index < -0.39 is 0 Å². The normalized spacial score (nSPS) is 20.6. The molecule has 2 N–H and O–H groups in total. The van der Waals surface area contributed by atoms with Gasteiger partial charge in [0, 0.05) is 29.5 Å². The fraction of sp³-hybridized carbons (Fsp3) is 0.700. The lowest BCUT2D eigenvalue weighted by atomic mass is 9.80. The van der Waals surface area contributed by atoms with Crippen LogP contribution >= 0.6 is 0 Å². The molecule has 2 aromatic heterocycles. The van der Waals surface area contributed by atoms with Crippen LogP contribution in [0.15, 0.2) is 4.79 Å². The van der Waals surface area contributed by atoms with Crippen molar-refractivity contribution >= 4 is 11.0 Å². The largest absolute Gasteiger partial charge is 0.314 e. The highest BCUT2D eigenvalue weighted by Gasteiger charge is 2.29. The van der Waals surface area contributed by atoms with Crippen LogP contribution in [-0.2, 0) is 19.4 Å². The summed E-state index contributed by atoms with van der Waals surface area (Å²) in [6.07, 6.45) is 11.9. The second-order valence-electron chi connectivity index (χ2n) is 8.16. The van der Waals surface area contributed by atoms with Gasteiger partial charge in [0.2, 0.25) is 0 Å². The van der Waals surface area contributed by atoms with Crippen LogP contribution < -0.4 is 10.9 Å². The molecule has 0 bridgehead atoms. The number of aromatic amines is 1. The van der Waals surface area contributed by atoms with Crippen LogP contribution in [0.2, 0.25) is 0 Å². The fourth-order valence-corrected chi connectivity index (χ4v) is 4.47. The zero-order valence-corrected chi connectivity index (χ0v) is 14.9. The maximum Gasteiger partial charge on any atom is 0.253 e. The summed E-state index contributed by atoms with van der Waals surface area (Å²) in [5.74, 6) is 0.602. The number of nitrogens with zero attached hydrogens (tertiary/aromatic N) is 2. The third-order valence-electron chi connectivity index (χ3n) is 6.30. The van der Waals surface area contributed by atoms with Gasteiger partial charge in [0.1, 0.15) is 5.65 Å². The van der Waals surface area contributed by atoms with Gasteiger partial charge in [-0.25, -0.2) is 4.68 Å². The maximum absolute atomic E-state index is 12.6. The highest BCUT2D eigenvalue weighted by atomic mass is 16.1. The van der Waals surface area contributed by atoms with Gasteiger partial charge in [-0.2, -0.15) is 5.10 Å². The molecule has 2 saturated carbocycles. The van der Waals surface area contributed by atoms with Crippen LogP contribution in [0.1, 0.15) is 74.1 Å². The molecule has 5 nitrogen and oxygen atoms in total. The fourth-order valence-electron chi connectivity index (χ4n) is 4.47. The van der Waals surface area contributed by atoms with Gasteiger partial charge < -0.3 is 10.3 Å². The van der Waals surface area contributed by atoms with Crippen LogP contribution in [0, 0.1) is 0 Å². The Bertz CT molecular complexity index is 841. The van der Waals surface area contributed by atoms with E-state index in [1.54, 1.807) is 0 Å². The molecular weight excluding hydrogens is 312 g/mol. The summed E-state index contributed by atoms with van der Waals surface area (Å²) >= 11 is 0. The van der Waals surface area contributed by atoms with Gasteiger partial charge in [-0.15, -0.1) is 0 Å². The topological polar surface area (TPSA) is 62.7 Å². The minimum absolute atomic E-state index is 0.125. The average Bonchev–Trinajstić information content (AvgIpc) is 3.33. The summed E-state index contributed by atoms with van der Waals surface area (Å²) in [5.41, 5.74) is 4.73. The molecule has 5 rings (SSSR count). The van der Waals surface area contributed by atoms with Gasteiger partial charge in [0.15, 0.2) is 0 Å². The predicted octanol–water partition coefficient (Wildman–Crippen LogP) is 3.01. The zero-order valence-electron chi connectivity index (χ0n) is 14.9. The smallest absolute Gasteiger partial charge is 0.253 e. The Balaban J connectivity index is 1.52. The molecular formula is C20H28N4O. The summed E-state index contributed by atoms with van der Waals surface area (Å²) in [4.78, 5) is 15.8. The molecule has 3 aliphatic carbocycles. The van der Waals surface area contributed by atoms with Gasteiger partial charge in [0.05, 0.1) is 5.69 Å². The molecule has 2 aromatic rings. The van der Waals surface area contributed by atoms with Crippen LogP contribution in [-0.4, -0.2) is 27.4 Å². The number of aryl methyl sites for hydroxylation is 2. The average molecular weight is 340 g/mol. The molecule has 134 valence electrons. The van der Waals surface area contributed by atoms with E-state index >= 15 is 0 Å². The highest BCUT2D eigenvalue weighted by Crippen LogP contribution is 2.40. The second-order valence-corrected chi connectivity index (χ2v) is 8.16. The highest BCUT2D eigenvalue weighted by molar-refractivity contribution is 5.84. The Kier molecular flexibility index (Phi) is 3.92. The molecule has 0 amide bonds. The number of fused-ring (bicyclic) bond motifs is 3.